The largest absolute Gasteiger partial charge is 0.438 e. The van der Waals surface area contributed by atoms with Gasteiger partial charge in [-0.2, -0.15) is 79.0 Å². The second-order valence-corrected chi connectivity index (χ2v) is 6.37. The van der Waals surface area contributed by atoms with Crippen LogP contribution in [0.3, 0.4) is 0 Å². The summed E-state index contributed by atoms with van der Waals surface area (Å²) in [6, 6.07) is 0. The number of alkyl halides is 19. The number of rotatable bonds is 7. The molecule has 32 heavy (non-hydrogen) atoms. The molecule has 1 nitrogen and oxygen atoms in total. The first-order chi connectivity index (χ1) is 13.2. The van der Waals surface area contributed by atoms with Crippen LogP contribution in [0.25, 0.3) is 0 Å². The second kappa shape index (κ2) is 7.07. The lowest BCUT2D eigenvalue weighted by Gasteiger charge is -2.46. The minimum Gasteiger partial charge on any atom is -0.384 e. The highest BCUT2D eigenvalue weighted by atomic mass is 19.4. The van der Waals surface area contributed by atoms with E-state index in [1.165, 1.54) is 0 Å². The van der Waals surface area contributed by atoms with Gasteiger partial charge in [0.05, 0.1) is 0 Å². The molecule has 193 valence electrons. The molecule has 1 N–H and O–H groups in total. The fraction of sp³-hybridized carbons (Fsp3) is 0.917. The van der Waals surface area contributed by atoms with Crippen LogP contribution in [0.15, 0.2) is 0 Å². The summed E-state index contributed by atoms with van der Waals surface area (Å²) in [6.07, 6.45) is -16.6. The first-order valence-corrected chi connectivity index (χ1v) is 6.92. The SMILES string of the molecule is [CH2]C(C)(O)C(F)(F)C(F)(F)C(F)(F)C(F)(F)C(F)(F)C(F)(F)C(F)(C(F)(F)F)C(F)(F)F. The van der Waals surface area contributed by atoms with Crippen molar-refractivity contribution in [1.29, 1.82) is 0 Å². The van der Waals surface area contributed by atoms with Crippen molar-refractivity contribution in [3.05, 3.63) is 6.92 Å². The van der Waals surface area contributed by atoms with Crippen molar-refractivity contribution < 1.29 is 88.5 Å². The highest BCUT2D eigenvalue weighted by molar-refractivity contribution is 5.20. The molecule has 0 aromatic carbocycles. The Labute approximate surface area is 163 Å². The maximum atomic E-state index is 13.4. The predicted octanol–water partition coefficient (Wildman–Crippen LogP) is 6.22. The van der Waals surface area contributed by atoms with Gasteiger partial charge in [0, 0.05) is 0 Å². The fourth-order valence-electron chi connectivity index (χ4n) is 1.86. The Bertz CT molecular complexity index is 677. The molecule has 0 saturated heterocycles. The molecule has 1 radical (unpaired) electrons. The number of halogens is 19. The maximum absolute atomic E-state index is 13.4. The summed E-state index contributed by atoms with van der Waals surface area (Å²) in [7, 11) is 0. The highest BCUT2D eigenvalue weighted by Crippen LogP contribution is 2.66. The van der Waals surface area contributed by atoms with Gasteiger partial charge in [-0.25, -0.2) is 4.39 Å². The number of hydrogen-bond donors (Lipinski definition) is 1. The summed E-state index contributed by atoms with van der Waals surface area (Å²) in [5, 5.41) is 8.60. The van der Waals surface area contributed by atoms with Crippen molar-refractivity contribution in [2.24, 2.45) is 0 Å². The highest BCUT2D eigenvalue weighted by Gasteiger charge is 2.98. The van der Waals surface area contributed by atoms with Gasteiger partial charge < -0.3 is 5.11 Å². The summed E-state index contributed by atoms with van der Waals surface area (Å²) in [5.41, 5.74) is -13.6. The maximum Gasteiger partial charge on any atom is 0.438 e. The minimum atomic E-state index is -9.07. The Morgan fingerprint density at radius 3 is 0.781 bits per heavy atom. The van der Waals surface area contributed by atoms with Crippen LogP contribution in [0.4, 0.5) is 83.4 Å². The number of aliphatic hydroxyl groups is 1. The smallest absolute Gasteiger partial charge is 0.384 e. The van der Waals surface area contributed by atoms with Gasteiger partial charge >= 0.3 is 53.6 Å². The summed E-state index contributed by atoms with van der Waals surface area (Å²) in [6.45, 7) is 1.04. The summed E-state index contributed by atoms with van der Waals surface area (Å²) >= 11 is 0. The average molecular weight is 527 g/mol. The zero-order chi connectivity index (χ0) is 27.0. The summed E-state index contributed by atoms with van der Waals surface area (Å²) in [5.74, 6) is -50.9. The molecule has 0 aromatic heterocycles. The summed E-state index contributed by atoms with van der Waals surface area (Å²) in [4.78, 5) is 0. The topological polar surface area (TPSA) is 20.2 Å². The second-order valence-electron chi connectivity index (χ2n) is 6.37. The van der Waals surface area contributed by atoms with Crippen LogP contribution >= 0.6 is 0 Å². The van der Waals surface area contributed by atoms with Crippen molar-refractivity contribution >= 4 is 0 Å². The van der Waals surface area contributed by atoms with Crippen LogP contribution in [-0.4, -0.2) is 64.3 Å². The van der Waals surface area contributed by atoms with Crippen LogP contribution in [-0.2, 0) is 0 Å². The van der Waals surface area contributed by atoms with Crippen molar-refractivity contribution in [2.75, 3.05) is 0 Å². The molecule has 1 atom stereocenters. The molecular weight excluding hydrogens is 521 g/mol. The lowest BCUT2D eigenvalue weighted by atomic mass is 9.81. The molecule has 0 spiro atoms. The van der Waals surface area contributed by atoms with E-state index in [2.05, 4.69) is 0 Å². The zero-order valence-electron chi connectivity index (χ0n) is 14.3. The standard InChI is InChI=1S/C12H6F19O/c1-3(2,32)5(14,15)7(18,19)9(22,23)10(24,25)8(20,21)6(16,17)4(13,11(26,27)28)12(29,30)31/h32H,1H2,2H3. The van der Waals surface area contributed by atoms with Crippen molar-refractivity contribution in [1.82, 2.24) is 0 Å². The van der Waals surface area contributed by atoms with E-state index >= 15 is 0 Å². The molecule has 0 rings (SSSR count). The predicted molar refractivity (Wildman–Crippen MR) is 61.6 cm³/mol. The van der Waals surface area contributed by atoms with E-state index in [4.69, 9.17) is 5.11 Å². The molecule has 0 aromatic rings. The van der Waals surface area contributed by atoms with Crippen LogP contribution in [0.1, 0.15) is 6.92 Å². The molecule has 0 heterocycles. The molecule has 0 saturated carbocycles. The molecule has 0 fully saturated rings. The van der Waals surface area contributed by atoms with Crippen LogP contribution < -0.4 is 0 Å². The first-order valence-electron chi connectivity index (χ1n) is 6.92. The van der Waals surface area contributed by atoms with E-state index in [-0.39, 0.29) is 0 Å². The Morgan fingerprint density at radius 2 is 0.594 bits per heavy atom. The first kappa shape index (κ1) is 30.6. The molecule has 0 aliphatic rings. The van der Waals surface area contributed by atoms with Gasteiger partial charge in [-0.15, -0.1) is 0 Å². The third-order valence-electron chi connectivity index (χ3n) is 3.86. The van der Waals surface area contributed by atoms with E-state index in [1.807, 2.05) is 0 Å². The van der Waals surface area contributed by atoms with E-state index in [0.29, 0.717) is 0 Å². The molecule has 1 unspecified atom stereocenters. The van der Waals surface area contributed by atoms with Gasteiger partial charge in [0.25, 0.3) is 0 Å². The Balaban J connectivity index is 7.19. The molecule has 0 bridgehead atoms. The van der Waals surface area contributed by atoms with Crippen LogP contribution in [0.5, 0.6) is 0 Å². The number of hydrogen-bond acceptors (Lipinski definition) is 1. The lowest BCUT2D eigenvalue weighted by molar-refractivity contribution is -0.475. The molecule has 0 aliphatic heterocycles. The van der Waals surface area contributed by atoms with E-state index in [0.717, 1.165) is 0 Å². The molecule has 0 amide bonds. The average Bonchev–Trinajstić information content (AvgIpc) is 2.49. The van der Waals surface area contributed by atoms with Gasteiger partial charge in [-0.3, -0.25) is 0 Å². The Kier molecular flexibility index (Phi) is 6.76. The Hall–Kier alpha value is -1.37. The van der Waals surface area contributed by atoms with Gasteiger partial charge in [-0.05, 0) is 13.8 Å². The lowest BCUT2D eigenvalue weighted by Crippen LogP contribution is -2.78. The van der Waals surface area contributed by atoms with Gasteiger partial charge in [0.15, 0.2) is 0 Å². The normalized spacial score (nSPS) is 17.1. The summed E-state index contributed by atoms with van der Waals surface area (Å²) < 4.78 is 247. The minimum absolute atomic E-state index is 0.637. The molecule has 0 aliphatic carbocycles. The van der Waals surface area contributed by atoms with Crippen molar-refractivity contribution in [2.45, 2.75) is 66.1 Å². The quantitative estimate of drug-likeness (QED) is 0.391. The van der Waals surface area contributed by atoms with Gasteiger partial charge in [0.2, 0.25) is 0 Å². The van der Waals surface area contributed by atoms with E-state index in [9.17, 15) is 83.4 Å². The van der Waals surface area contributed by atoms with Crippen LogP contribution in [0.2, 0.25) is 0 Å². The molecular formula is C12H6F19O. The Morgan fingerprint density at radius 1 is 0.406 bits per heavy atom. The van der Waals surface area contributed by atoms with Crippen LogP contribution in [0, 0.1) is 6.92 Å². The van der Waals surface area contributed by atoms with Crippen molar-refractivity contribution in [3.8, 4) is 0 Å². The monoisotopic (exact) mass is 527 g/mol. The van der Waals surface area contributed by atoms with Gasteiger partial charge in [-0.1, -0.05) is 0 Å². The third-order valence-corrected chi connectivity index (χ3v) is 3.86. The van der Waals surface area contributed by atoms with Gasteiger partial charge in [0.1, 0.15) is 5.60 Å². The third kappa shape index (κ3) is 3.45. The zero-order valence-corrected chi connectivity index (χ0v) is 14.3. The van der Waals surface area contributed by atoms with E-state index in [1.54, 1.807) is 6.92 Å². The van der Waals surface area contributed by atoms with E-state index < -0.39 is 66.1 Å². The fourth-order valence-corrected chi connectivity index (χ4v) is 1.86. The molecule has 20 heteroatoms. The van der Waals surface area contributed by atoms with Crippen molar-refractivity contribution in [3.63, 3.8) is 0 Å².